The lowest BCUT2D eigenvalue weighted by molar-refractivity contribution is -0.143. The van der Waals surface area contributed by atoms with Crippen molar-refractivity contribution in [2.75, 3.05) is 18.1 Å². The number of unbranched alkanes of at least 4 members (excludes halogenated alkanes) is 3. The molecule has 0 atom stereocenters. The topological polar surface area (TPSA) is 72.4 Å². The first-order chi connectivity index (χ1) is 11.5. The van der Waals surface area contributed by atoms with Crippen LogP contribution in [0.5, 0.6) is 0 Å². The second-order valence-electron chi connectivity index (χ2n) is 5.59. The first-order valence-corrected chi connectivity index (χ1v) is 9.38. The zero-order valence-corrected chi connectivity index (χ0v) is 16.0. The van der Waals surface area contributed by atoms with Crippen LogP contribution in [-0.2, 0) is 20.7 Å². The van der Waals surface area contributed by atoms with Gasteiger partial charge in [-0.05, 0) is 35.7 Å². The zero-order valence-electron chi connectivity index (χ0n) is 13.7. The van der Waals surface area contributed by atoms with Crippen LogP contribution in [0.2, 0.25) is 5.15 Å². The van der Waals surface area contributed by atoms with Crippen molar-refractivity contribution in [3.8, 4) is 0 Å². The van der Waals surface area contributed by atoms with Crippen LogP contribution in [0.15, 0.2) is 4.60 Å². The fourth-order valence-electron chi connectivity index (χ4n) is 2.64. The molecule has 8 heteroatoms. The summed E-state index contributed by atoms with van der Waals surface area (Å²) in [5, 5.41) is 0.267. The van der Waals surface area contributed by atoms with Crippen LogP contribution in [0.3, 0.4) is 0 Å². The summed E-state index contributed by atoms with van der Waals surface area (Å²) in [5.41, 5.74) is 0.799. The van der Waals surface area contributed by atoms with Gasteiger partial charge >= 0.3 is 5.97 Å². The van der Waals surface area contributed by atoms with Gasteiger partial charge in [0, 0.05) is 25.8 Å². The van der Waals surface area contributed by atoms with Crippen molar-refractivity contribution in [2.45, 2.75) is 51.9 Å². The maximum atomic E-state index is 12.2. The van der Waals surface area contributed by atoms with Gasteiger partial charge < -0.3 is 4.74 Å². The third kappa shape index (κ3) is 5.14. The molecule has 0 aliphatic carbocycles. The molecule has 0 radical (unpaired) electrons. The van der Waals surface area contributed by atoms with Gasteiger partial charge in [0.05, 0.1) is 12.3 Å². The number of halogens is 2. The number of aryl methyl sites for hydroxylation is 1. The highest BCUT2D eigenvalue weighted by atomic mass is 79.9. The first-order valence-electron chi connectivity index (χ1n) is 8.20. The molecule has 1 aromatic heterocycles. The van der Waals surface area contributed by atoms with Crippen molar-refractivity contribution in [1.29, 1.82) is 0 Å². The molecule has 0 saturated heterocycles. The van der Waals surface area contributed by atoms with E-state index in [-0.39, 0.29) is 17.0 Å². The van der Waals surface area contributed by atoms with Crippen LogP contribution in [0.25, 0.3) is 0 Å². The Hall–Kier alpha value is -1.21. The van der Waals surface area contributed by atoms with Crippen LogP contribution >= 0.6 is 27.5 Å². The molecular weight excluding hydrogens is 398 g/mol. The van der Waals surface area contributed by atoms with Crippen LogP contribution in [-0.4, -0.2) is 35.0 Å². The summed E-state index contributed by atoms with van der Waals surface area (Å²) in [7, 11) is 0. The van der Waals surface area contributed by atoms with Crippen molar-refractivity contribution in [3.63, 3.8) is 0 Å². The highest BCUT2D eigenvalue weighted by Crippen LogP contribution is 2.29. The van der Waals surface area contributed by atoms with Gasteiger partial charge in [0.2, 0.25) is 5.91 Å². The Bertz CT molecular complexity index is 612. The van der Waals surface area contributed by atoms with Crippen LogP contribution in [0.1, 0.15) is 51.1 Å². The van der Waals surface area contributed by atoms with E-state index in [1.165, 1.54) is 0 Å². The van der Waals surface area contributed by atoms with E-state index < -0.39 is 0 Å². The minimum atomic E-state index is -0.145. The molecule has 1 aliphatic heterocycles. The van der Waals surface area contributed by atoms with Crippen LogP contribution in [0.4, 0.5) is 5.82 Å². The Kier molecular flexibility index (Phi) is 7.42. The molecule has 1 aromatic rings. The van der Waals surface area contributed by atoms with Crippen molar-refractivity contribution in [1.82, 2.24) is 9.97 Å². The number of nitrogens with zero attached hydrogens (tertiary/aromatic N) is 3. The van der Waals surface area contributed by atoms with E-state index in [1.54, 1.807) is 11.8 Å². The van der Waals surface area contributed by atoms with Crippen LogP contribution in [0, 0.1) is 0 Å². The summed E-state index contributed by atoms with van der Waals surface area (Å²) < 4.78 is 5.40. The van der Waals surface area contributed by atoms with Crippen LogP contribution < -0.4 is 4.90 Å². The maximum absolute atomic E-state index is 12.2. The predicted octanol–water partition coefficient (Wildman–Crippen LogP) is 3.69. The fraction of sp³-hybridized carbons (Fsp3) is 0.625. The van der Waals surface area contributed by atoms with Crippen molar-refractivity contribution >= 4 is 45.2 Å². The molecule has 0 fully saturated rings. The minimum absolute atomic E-state index is 0.0571. The van der Waals surface area contributed by atoms with E-state index in [9.17, 15) is 9.59 Å². The predicted molar refractivity (Wildman–Crippen MR) is 95.1 cm³/mol. The lowest BCUT2D eigenvalue weighted by Gasteiger charge is -2.27. The molecule has 132 valence electrons. The Balaban J connectivity index is 1.82. The lowest BCUT2D eigenvalue weighted by atomic mass is 10.1. The van der Waals surface area contributed by atoms with Gasteiger partial charge in [-0.1, -0.05) is 24.4 Å². The number of fused-ring (bicyclic) bond motifs is 1. The molecule has 2 rings (SSSR count). The van der Waals surface area contributed by atoms with Crippen molar-refractivity contribution in [2.24, 2.45) is 0 Å². The lowest BCUT2D eigenvalue weighted by Crippen LogP contribution is -2.37. The maximum Gasteiger partial charge on any atom is 0.305 e. The molecular formula is C16H21BrClN3O3. The molecule has 6 nitrogen and oxygen atoms in total. The average Bonchev–Trinajstić information content (AvgIpc) is 2.54. The Labute approximate surface area is 155 Å². The number of anilines is 1. The normalized spacial score (nSPS) is 13.8. The van der Waals surface area contributed by atoms with Crippen molar-refractivity contribution in [3.05, 3.63) is 15.5 Å². The van der Waals surface area contributed by atoms with E-state index in [0.717, 1.165) is 31.4 Å². The number of esters is 1. The van der Waals surface area contributed by atoms with E-state index in [4.69, 9.17) is 16.3 Å². The summed E-state index contributed by atoms with van der Waals surface area (Å²) in [6.07, 6.45) is 5.02. The monoisotopic (exact) mass is 417 g/mol. The van der Waals surface area contributed by atoms with Gasteiger partial charge in [-0.2, -0.15) is 0 Å². The first kappa shape index (κ1) is 19.1. The molecule has 0 saturated carbocycles. The number of aromatic nitrogens is 2. The van der Waals surface area contributed by atoms with Gasteiger partial charge in [-0.25, -0.2) is 9.97 Å². The van der Waals surface area contributed by atoms with Crippen molar-refractivity contribution < 1.29 is 14.3 Å². The third-order valence-electron chi connectivity index (χ3n) is 3.82. The molecule has 1 amide bonds. The van der Waals surface area contributed by atoms with E-state index in [0.29, 0.717) is 42.8 Å². The summed E-state index contributed by atoms with van der Waals surface area (Å²) in [6.45, 7) is 2.83. The molecule has 2 heterocycles. The molecule has 0 bridgehead atoms. The molecule has 24 heavy (non-hydrogen) atoms. The number of amides is 1. The Morgan fingerprint density at radius 2 is 2.00 bits per heavy atom. The number of ether oxygens (including phenoxy) is 1. The molecule has 0 spiro atoms. The summed E-state index contributed by atoms with van der Waals surface area (Å²) in [4.78, 5) is 33.8. The third-order valence-corrected chi connectivity index (χ3v) is 4.86. The molecule has 0 N–H and O–H groups in total. The standard InChI is InChI=1S/C16H21BrClN3O3/c1-2-24-13(23)7-5-3-4-6-10-21-12(22)9-8-11-16(21)20-15(18)14(17)19-11/h2-10H2,1H3. The number of carbonyl (C=O) groups excluding carboxylic acids is 2. The zero-order chi connectivity index (χ0) is 17.5. The van der Waals surface area contributed by atoms with E-state index >= 15 is 0 Å². The van der Waals surface area contributed by atoms with E-state index in [2.05, 4.69) is 25.9 Å². The van der Waals surface area contributed by atoms with Gasteiger partial charge in [0.1, 0.15) is 4.60 Å². The van der Waals surface area contributed by atoms with Gasteiger partial charge in [0.15, 0.2) is 11.0 Å². The molecule has 0 unspecified atom stereocenters. The number of carbonyl (C=O) groups is 2. The quantitative estimate of drug-likeness (QED) is 0.475. The molecule has 0 aromatic carbocycles. The Morgan fingerprint density at radius 3 is 2.75 bits per heavy atom. The minimum Gasteiger partial charge on any atom is -0.466 e. The number of hydrogen-bond acceptors (Lipinski definition) is 5. The van der Waals surface area contributed by atoms with Gasteiger partial charge in [-0.15, -0.1) is 0 Å². The van der Waals surface area contributed by atoms with Gasteiger partial charge in [-0.3, -0.25) is 14.5 Å². The Morgan fingerprint density at radius 1 is 1.25 bits per heavy atom. The summed E-state index contributed by atoms with van der Waals surface area (Å²) in [5.74, 6) is 0.487. The largest absolute Gasteiger partial charge is 0.466 e. The van der Waals surface area contributed by atoms with Gasteiger partial charge in [0.25, 0.3) is 0 Å². The summed E-state index contributed by atoms with van der Waals surface area (Å²) >= 11 is 9.28. The highest BCUT2D eigenvalue weighted by molar-refractivity contribution is 9.10. The smallest absolute Gasteiger partial charge is 0.305 e. The SMILES string of the molecule is CCOC(=O)CCCCCCN1C(=O)CCc2nc(Br)c(Cl)nc21. The second kappa shape index (κ2) is 9.32. The number of rotatable bonds is 8. The van der Waals surface area contributed by atoms with E-state index in [1.807, 2.05) is 0 Å². The second-order valence-corrected chi connectivity index (χ2v) is 6.70. The number of hydrogen-bond donors (Lipinski definition) is 0. The highest BCUT2D eigenvalue weighted by Gasteiger charge is 2.27. The fourth-order valence-corrected chi connectivity index (χ4v) is 3.06. The average molecular weight is 419 g/mol. The summed E-state index contributed by atoms with van der Waals surface area (Å²) in [6, 6.07) is 0. The molecule has 1 aliphatic rings.